The highest BCUT2D eigenvalue weighted by molar-refractivity contribution is 5.76. The molecule has 0 aromatic rings. The number of aliphatic hydroxyl groups excluding tert-OH is 11. The maximum absolute atomic E-state index is 13.2. The van der Waals surface area contributed by atoms with Crippen LogP contribution >= 0.6 is 0 Å². The second kappa shape index (κ2) is 46.8. The van der Waals surface area contributed by atoms with Crippen LogP contribution in [0.2, 0.25) is 0 Å². The van der Waals surface area contributed by atoms with E-state index in [4.69, 9.17) is 28.4 Å². The van der Waals surface area contributed by atoms with Crippen LogP contribution in [0, 0.1) is 0 Å². The molecule has 19 heteroatoms. The first kappa shape index (κ1) is 75.0. The summed E-state index contributed by atoms with van der Waals surface area (Å²) >= 11 is 0. The standard InChI is InChI=1S/C64H115NO18/c1-3-5-7-8-9-10-11-12-13-14-15-16-17-18-19-20-21-22-23-24-25-26-27-28-29-30-31-32-33-34-35-36-37-38-40-42-52(70)65-47(48(69)41-39-6-4-2)46-78-62-58(76)55(73)60(50(44-67)80-62)83-64-59(77)56(74)61(51(45-68)81-64)82-63-57(75)54(72)53(71)49(43-66)79-63/h5,7,9-10,12-13,15-16,47-51,53-64,66-69,71-77H,3-4,6,8,11,14,17-46H2,1-2H3,(H,65,70)/b7-5-,10-9-,13-12-,16-15-. The first-order valence-corrected chi connectivity index (χ1v) is 32.4. The number of nitrogens with one attached hydrogen (secondary N) is 1. The van der Waals surface area contributed by atoms with Gasteiger partial charge in [0.1, 0.15) is 73.2 Å². The molecular formula is C64H115NO18. The van der Waals surface area contributed by atoms with Crippen LogP contribution in [0.3, 0.4) is 0 Å². The van der Waals surface area contributed by atoms with Gasteiger partial charge >= 0.3 is 0 Å². The molecule has 3 fully saturated rings. The Hall–Kier alpha value is -2.25. The normalized spacial score (nSPS) is 29.7. The van der Waals surface area contributed by atoms with Gasteiger partial charge in [0.05, 0.1) is 38.6 Å². The van der Waals surface area contributed by atoms with Crippen LogP contribution in [0.5, 0.6) is 0 Å². The van der Waals surface area contributed by atoms with E-state index < -0.39 is 124 Å². The SMILES string of the molecule is CC/C=C\C/C=C\C/C=C\C/C=C\CCCCCCCCCCCCCCCCCCCCCCCCC(=O)NC(COC1OC(CO)C(OC2OC(CO)C(OC3OC(CO)C(O)C(O)C3O)C(O)C2O)C(O)C1O)C(O)CCCCC. The van der Waals surface area contributed by atoms with E-state index >= 15 is 0 Å². The van der Waals surface area contributed by atoms with Gasteiger partial charge in [0, 0.05) is 6.42 Å². The molecule has 0 radical (unpaired) electrons. The molecule has 12 N–H and O–H groups in total. The Morgan fingerprint density at radius 1 is 0.446 bits per heavy atom. The van der Waals surface area contributed by atoms with Crippen molar-refractivity contribution in [3.8, 4) is 0 Å². The van der Waals surface area contributed by atoms with Crippen LogP contribution in [0.15, 0.2) is 48.6 Å². The number of ether oxygens (including phenoxy) is 6. The van der Waals surface area contributed by atoms with E-state index in [2.05, 4.69) is 60.8 Å². The molecule has 1 amide bonds. The van der Waals surface area contributed by atoms with Crippen molar-refractivity contribution in [2.24, 2.45) is 0 Å². The Bertz CT molecular complexity index is 1700. The van der Waals surface area contributed by atoms with E-state index in [9.17, 15) is 61.0 Å². The monoisotopic (exact) mass is 1190 g/mol. The van der Waals surface area contributed by atoms with E-state index in [0.717, 1.165) is 57.8 Å². The average molecular weight is 1190 g/mol. The molecule has 17 unspecified atom stereocenters. The summed E-state index contributed by atoms with van der Waals surface area (Å²) < 4.78 is 34.1. The molecule has 0 saturated carbocycles. The highest BCUT2D eigenvalue weighted by Crippen LogP contribution is 2.33. The topological polar surface area (TPSA) is 307 Å². The summed E-state index contributed by atoms with van der Waals surface area (Å²) in [6.45, 7) is 1.49. The molecule has 0 bridgehead atoms. The fraction of sp³-hybridized carbons (Fsp3) is 0.859. The summed E-state index contributed by atoms with van der Waals surface area (Å²) in [4.78, 5) is 13.2. The third kappa shape index (κ3) is 30.0. The van der Waals surface area contributed by atoms with E-state index in [1.165, 1.54) is 122 Å². The summed E-state index contributed by atoms with van der Waals surface area (Å²) in [5.74, 6) is -0.253. The summed E-state index contributed by atoms with van der Waals surface area (Å²) in [5.41, 5.74) is 0. The second-order valence-electron chi connectivity index (χ2n) is 23.2. The molecule has 0 aliphatic carbocycles. The molecule has 0 spiro atoms. The smallest absolute Gasteiger partial charge is 0.220 e. The fourth-order valence-electron chi connectivity index (χ4n) is 10.9. The number of amides is 1. The van der Waals surface area contributed by atoms with Crippen molar-refractivity contribution in [2.75, 3.05) is 26.4 Å². The van der Waals surface area contributed by atoms with Gasteiger partial charge in [-0.05, 0) is 51.4 Å². The van der Waals surface area contributed by atoms with Crippen LogP contribution < -0.4 is 5.32 Å². The Labute approximate surface area is 497 Å². The zero-order valence-corrected chi connectivity index (χ0v) is 50.7. The minimum atomic E-state index is -1.97. The van der Waals surface area contributed by atoms with E-state index in [-0.39, 0.29) is 18.9 Å². The summed E-state index contributed by atoms with van der Waals surface area (Å²) in [5, 5.41) is 119. The van der Waals surface area contributed by atoms with Crippen molar-refractivity contribution in [3.05, 3.63) is 48.6 Å². The number of carbonyl (C=O) groups excluding carboxylic acids is 1. The van der Waals surface area contributed by atoms with Gasteiger partial charge in [0.15, 0.2) is 18.9 Å². The van der Waals surface area contributed by atoms with Crippen molar-refractivity contribution in [1.82, 2.24) is 5.32 Å². The van der Waals surface area contributed by atoms with Gasteiger partial charge in [-0.15, -0.1) is 0 Å². The number of rotatable bonds is 48. The number of carbonyl (C=O) groups is 1. The molecule has 83 heavy (non-hydrogen) atoms. The van der Waals surface area contributed by atoms with Gasteiger partial charge in [0.25, 0.3) is 0 Å². The predicted octanol–water partition coefficient (Wildman–Crippen LogP) is 7.04. The van der Waals surface area contributed by atoms with E-state index in [0.29, 0.717) is 19.3 Å². The molecule has 19 nitrogen and oxygen atoms in total. The number of unbranched alkanes of at least 4 members (excludes halogenated alkanes) is 24. The lowest BCUT2D eigenvalue weighted by atomic mass is 9.96. The van der Waals surface area contributed by atoms with Crippen molar-refractivity contribution in [1.29, 1.82) is 0 Å². The third-order valence-corrected chi connectivity index (χ3v) is 16.2. The number of hydrogen-bond donors (Lipinski definition) is 12. The summed E-state index contributed by atoms with van der Waals surface area (Å²) in [7, 11) is 0. The predicted molar refractivity (Wildman–Crippen MR) is 319 cm³/mol. The van der Waals surface area contributed by atoms with Gasteiger partial charge in [-0.3, -0.25) is 4.79 Å². The highest BCUT2D eigenvalue weighted by atomic mass is 16.8. The van der Waals surface area contributed by atoms with Gasteiger partial charge < -0.3 is 89.9 Å². The Kier molecular flexibility index (Phi) is 42.3. The van der Waals surface area contributed by atoms with Gasteiger partial charge in [-0.25, -0.2) is 0 Å². The van der Waals surface area contributed by atoms with Crippen molar-refractivity contribution >= 4 is 5.91 Å². The van der Waals surface area contributed by atoms with Crippen LogP contribution in [0.25, 0.3) is 0 Å². The Morgan fingerprint density at radius 3 is 1.28 bits per heavy atom. The molecule has 3 rings (SSSR count). The molecule has 3 saturated heterocycles. The quantitative estimate of drug-likeness (QED) is 0.0215. The molecule has 0 aromatic carbocycles. The van der Waals surface area contributed by atoms with Crippen molar-refractivity contribution in [2.45, 2.75) is 324 Å². The van der Waals surface area contributed by atoms with Gasteiger partial charge in [-0.1, -0.05) is 210 Å². The molecule has 0 aromatic heterocycles. The largest absolute Gasteiger partial charge is 0.394 e. The van der Waals surface area contributed by atoms with Crippen LogP contribution in [-0.4, -0.2) is 193 Å². The fourth-order valence-corrected chi connectivity index (χ4v) is 10.9. The van der Waals surface area contributed by atoms with Crippen LogP contribution in [0.4, 0.5) is 0 Å². The maximum atomic E-state index is 13.2. The second-order valence-corrected chi connectivity index (χ2v) is 23.2. The Morgan fingerprint density at radius 2 is 0.831 bits per heavy atom. The first-order valence-electron chi connectivity index (χ1n) is 32.4. The number of hydrogen-bond acceptors (Lipinski definition) is 18. The van der Waals surface area contributed by atoms with Crippen LogP contribution in [-0.2, 0) is 33.2 Å². The molecule has 484 valence electrons. The number of aliphatic hydroxyl groups is 11. The zero-order chi connectivity index (χ0) is 60.5. The Balaban J connectivity index is 1.23. The average Bonchev–Trinajstić information content (AvgIpc) is 3.28. The minimum absolute atomic E-state index is 0.253. The van der Waals surface area contributed by atoms with Crippen molar-refractivity contribution in [3.63, 3.8) is 0 Å². The zero-order valence-electron chi connectivity index (χ0n) is 50.7. The third-order valence-electron chi connectivity index (χ3n) is 16.2. The highest BCUT2D eigenvalue weighted by Gasteiger charge is 2.53. The lowest BCUT2D eigenvalue weighted by Crippen LogP contribution is -2.66. The number of allylic oxidation sites excluding steroid dienone is 8. The van der Waals surface area contributed by atoms with Crippen molar-refractivity contribution < 1.29 is 89.4 Å². The minimum Gasteiger partial charge on any atom is -0.394 e. The molecule has 3 aliphatic rings. The first-order chi connectivity index (χ1) is 40.3. The lowest BCUT2D eigenvalue weighted by molar-refractivity contribution is -0.379. The summed E-state index contributed by atoms with van der Waals surface area (Å²) in [6.07, 6.45) is 27.9. The summed E-state index contributed by atoms with van der Waals surface area (Å²) in [6, 6.07) is -0.881. The molecular weight excluding hydrogens is 1070 g/mol. The van der Waals surface area contributed by atoms with Gasteiger partial charge in [0.2, 0.25) is 5.91 Å². The molecule has 3 aliphatic heterocycles. The maximum Gasteiger partial charge on any atom is 0.220 e. The van der Waals surface area contributed by atoms with Gasteiger partial charge in [-0.2, -0.15) is 0 Å². The molecule has 3 heterocycles. The lowest BCUT2D eigenvalue weighted by Gasteiger charge is -2.48. The van der Waals surface area contributed by atoms with E-state index in [1.54, 1.807) is 0 Å². The molecule has 17 atom stereocenters. The van der Waals surface area contributed by atoms with E-state index in [1.807, 2.05) is 6.92 Å². The van der Waals surface area contributed by atoms with Crippen LogP contribution in [0.1, 0.15) is 219 Å².